The van der Waals surface area contributed by atoms with Crippen LogP contribution in [-0.4, -0.2) is 36.9 Å². The molecule has 3 rings (SSSR count). The van der Waals surface area contributed by atoms with Crippen LogP contribution in [0.1, 0.15) is 35.7 Å². The number of methoxy groups -OCH3 is 1. The Morgan fingerprint density at radius 1 is 1.18 bits per heavy atom. The van der Waals surface area contributed by atoms with Gasteiger partial charge in [0.2, 0.25) is 5.91 Å². The largest absolute Gasteiger partial charge is 0.497 e. The van der Waals surface area contributed by atoms with Gasteiger partial charge in [0.25, 0.3) is 5.91 Å². The minimum absolute atomic E-state index is 0.0204. The second-order valence-electron chi connectivity index (χ2n) is 7.40. The van der Waals surface area contributed by atoms with Crippen molar-refractivity contribution in [1.82, 2.24) is 10.2 Å². The average Bonchev–Trinajstić information content (AvgIpc) is 2.72. The molecule has 2 aromatic carbocycles. The van der Waals surface area contributed by atoms with Crippen molar-refractivity contribution in [3.05, 3.63) is 64.1 Å². The van der Waals surface area contributed by atoms with E-state index < -0.39 is 5.41 Å². The number of carbonyl (C=O) groups is 2. The van der Waals surface area contributed by atoms with E-state index in [1.54, 1.807) is 12.0 Å². The summed E-state index contributed by atoms with van der Waals surface area (Å²) in [6, 6.07) is 15.0. The number of benzene rings is 2. The summed E-state index contributed by atoms with van der Waals surface area (Å²) in [5, 5.41) is 3.03. The van der Waals surface area contributed by atoms with Crippen molar-refractivity contribution in [2.24, 2.45) is 5.41 Å². The van der Waals surface area contributed by atoms with Gasteiger partial charge in [-0.05, 0) is 65.5 Å². The van der Waals surface area contributed by atoms with E-state index in [2.05, 4.69) is 21.2 Å². The van der Waals surface area contributed by atoms with E-state index in [9.17, 15) is 9.59 Å². The first-order chi connectivity index (χ1) is 13.4. The van der Waals surface area contributed by atoms with Gasteiger partial charge in [-0.2, -0.15) is 0 Å². The molecule has 1 saturated heterocycles. The fraction of sp³-hybridized carbons (Fsp3) is 0.364. The zero-order valence-electron chi connectivity index (χ0n) is 16.2. The highest BCUT2D eigenvalue weighted by Gasteiger charge is 2.39. The smallest absolute Gasteiger partial charge is 0.255 e. The molecule has 148 valence electrons. The van der Waals surface area contributed by atoms with Gasteiger partial charge in [-0.3, -0.25) is 9.59 Å². The van der Waals surface area contributed by atoms with Crippen molar-refractivity contribution in [1.29, 1.82) is 0 Å². The summed E-state index contributed by atoms with van der Waals surface area (Å²) in [6.45, 7) is 3.48. The SMILES string of the molecule is COc1ccc(CNC(=O)[C@]2(C)CCCN(C(=O)c3ccccc3Br)C2)cc1. The van der Waals surface area contributed by atoms with Gasteiger partial charge in [0.1, 0.15) is 5.75 Å². The maximum absolute atomic E-state index is 12.9. The molecule has 0 aromatic heterocycles. The Morgan fingerprint density at radius 2 is 1.89 bits per heavy atom. The molecule has 5 nitrogen and oxygen atoms in total. The number of hydrogen-bond donors (Lipinski definition) is 1. The average molecular weight is 445 g/mol. The number of amides is 2. The third-order valence-corrected chi connectivity index (χ3v) is 5.94. The molecule has 0 aliphatic carbocycles. The lowest BCUT2D eigenvalue weighted by molar-refractivity contribution is -0.132. The van der Waals surface area contributed by atoms with Gasteiger partial charge in [-0.15, -0.1) is 0 Å². The van der Waals surface area contributed by atoms with E-state index in [0.717, 1.165) is 28.6 Å². The van der Waals surface area contributed by atoms with Crippen LogP contribution in [0, 0.1) is 5.41 Å². The molecule has 0 radical (unpaired) electrons. The second-order valence-corrected chi connectivity index (χ2v) is 8.26. The van der Waals surface area contributed by atoms with E-state index in [-0.39, 0.29) is 11.8 Å². The third kappa shape index (κ3) is 4.55. The Morgan fingerprint density at radius 3 is 2.57 bits per heavy atom. The predicted octanol–water partition coefficient (Wildman–Crippen LogP) is 4.02. The molecular formula is C22H25BrN2O3. The second kappa shape index (κ2) is 8.78. The number of piperidine rings is 1. The first-order valence-corrected chi connectivity index (χ1v) is 10.2. The molecule has 0 spiro atoms. The van der Waals surface area contributed by atoms with E-state index in [1.807, 2.05) is 55.5 Å². The quantitative estimate of drug-likeness (QED) is 0.757. The number of ether oxygens (including phenoxy) is 1. The first kappa shape index (κ1) is 20.4. The van der Waals surface area contributed by atoms with Gasteiger partial charge in [0.15, 0.2) is 0 Å². The molecular weight excluding hydrogens is 420 g/mol. The molecule has 0 saturated carbocycles. The van der Waals surface area contributed by atoms with Crippen molar-refractivity contribution in [3.63, 3.8) is 0 Å². The molecule has 1 aliphatic heterocycles. The molecule has 0 bridgehead atoms. The van der Waals surface area contributed by atoms with Crippen molar-refractivity contribution >= 4 is 27.7 Å². The lowest BCUT2D eigenvalue weighted by Gasteiger charge is -2.39. The lowest BCUT2D eigenvalue weighted by Crippen LogP contribution is -2.51. The minimum atomic E-state index is -0.596. The summed E-state index contributed by atoms with van der Waals surface area (Å²) in [4.78, 5) is 27.6. The molecule has 1 atom stereocenters. The van der Waals surface area contributed by atoms with Gasteiger partial charge < -0.3 is 15.0 Å². The Labute approximate surface area is 174 Å². The highest BCUT2D eigenvalue weighted by atomic mass is 79.9. The summed E-state index contributed by atoms with van der Waals surface area (Å²) < 4.78 is 5.93. The maximum Gasteiger partial charge on any atom is 0.255 e. The molecule has 0 unspecified atom stereocenters. The molecule has 6 heteroatoms. The zero-order valence-corrected chi connectivity index (χ0v) is 17.8. The molecule has 1 aliphatic rings. The van der Waals surface area contributed by atoms with Crippen LogP contribution in [0.3, 0.4) is 0 Å². The van der Waals surface area contributed by atoms with Crippen LogP contribution in [0.2, 0.25) is 0 Å². The highest BCUT2D eigenvalue weighted by molar-refractivity contribution is 9.10. The van der Waals surface area contributed by atoms with Crippen LogP contribution in [0.4, 0.5) is 0 Å². The molecule has 2 aromatic rings. The maximum atomic E-state index is 12.9. The zero-order chi connectivity index (χ0) is 20.1. The summed E-state index contributed by atoms with van der Waals surface area (Å²) in [6.07, 6.45) is 1.57. The van der Waals surface area contributed by atoms with Crippen molar-refractivity contribution in [2.45, 2.75) is 26.3 Å². The predicted molar refractivity (Wildman–Crippen MR) is 112 cm³/mol. The number of likely N-dealkylation sites (tertiary alicyclic amines) is 1. The number of nitrogens with one attached hydrogen (secondary N) is 1. The van der Waals surface area contributed by atoms with Crippen LogP contribution in [0.15, 0.2) is 53.0 Å². The van der Waals surface area contributed by atoms with Gasteiger partial charge >= 0.3 is 0 Å². The number of rotatable bonds is 5. The van der Waals surface area contributed by atoms with Crippen LogP contribution in [0.25, 0.3) is 0 Å². The fourth-order valence-electron chi connectivity index (χ4n) is 3.54. The Bertz CT molecular complexity index is 853. The van der Waals surface area contributed by atoms with Crippen LogP contribution >= 0.6 is 15.9 Å². The number of hydrogen-bond acceptors (Lipinski definition) is 3. The molecule has 1 fully saturated rings. The standard InChI is InChI=1S/C22H25BrN2O3/c1-22(21(27)24-14-16-8-10-17(28-2)11-9-16)12-5-13-25(15-22)20(26)18-6-3-4-7-19(18)23/h3-4,6-11H,5,12-15H2,1-2H3,(H,24,27)/t22-/m1/s1. The number of nitrogens with zero attached hydrogens (tertiary/aromatic N) is 1. The van der Waals surface area contributed by atoms with Gasteiger partial charge in [0, 0.05) is 24.1 Å². The summed E-state index contributed by atoms with van der Waals surface area (Å²) in [7, 11) is 1.63. The van der Waals surface area contributed by atoms with Gasteiger partial charge in [0.05, 0.1) is 18.1 Å². The summed E-state index contributed by atoms with van der Waals surface area (Å²) >= 11 is 3.45. The third-order valence-electron chi connectivity index (χ3n) is 5.25. The Kier molecular flexibility index (Phi) is 6.39. The number of halogens is 1. The van der Waals surface area contributed by atoms with Crippen LogP contribution in [-0.2, 0) is 11.3 Å². The van der Waals surface area contributed by atoms with E-state index in [1.165, 1.54) is 0 Å². The lowest BCUT2D eigenvalue weighted by atomic mass is 9.80. The molecule has 28 heavy (non-hydrogen) atoms. The Balaban J connectivity index is 1.64. The molecule has 1 heterocycles. The van der Waals surface area contributed by atoms with Crippen LogP contribution < -0.4 is 10.1 Å². The molecule has 2 amide bonds. The minimum Gasteiger partial charge on any atom is -0.497 e. The highest BCUT2D eigenvalue weighted by Crippen LogP contribution is 2.31. The topological polar surface area (TPSA) is 58.6 Å². The van der Waals surface area contributed by atoms with Crippen LogP contribution in [0.5, 0.6) is 5.75 Å². The summed E-state index contributed by atoms with van der Waals surface area (Å²) in [5.41, 5.74) is 1.04. The first-order valence-electron chi connectivity index (χ1n) is 9.38. The van der Waals surface area contributed by atoms with E-state index in [0.29, 0.717) is 25.2 Å². The number of carbonyl (C=O) groups excluding carboxylic acids is 2. The van der Waals surface area contributed by atoms with E-state index >= 15 is 0 Å². The molecule has 1 N–H and O–H groups in total. The van der Waals surface area contributed by atoms with Crippen molar-refractivity contribution < 1.29 is 14.3 Å². The van der Waals surface area contributed by atoms with Gasteiger partial charge in [-0.25, -0.2) is 0 Å². The van der Waals surface area contributed by atoms with Gasteiger partial charge in [-0.1, -0.05) is 24.3 Å². The van der Waals surface area contributed by atoms with Crippen molar-refractivity contribution in [2.75, 3.05) is 20.2 Å². The van der Waals surface area contributed by atoms with E-state index in [4.69, 9.17) is 4.74 Å². The Hall–Kier alpha value is -2.34. The normalized spacial score (nSPS) is 19.2. The fourth-order valence-corrected chi connectivity index (χ4v) is 4.00. The van der Waals surface area contributed by atoms with Crippen molar-refractivity contribution in [3.8, 4) is 5.75 Å². The summed E-state index contributed by atoms with van der Waals surface area (Å²) in [5.74, 6) is 0.727. The monoisotopic (exact) mass is 444 g/mol.